The van der Waals surface area contributed by atoms with E-state index in [0.717, 1.165) is 11.3 Å². The predicted molar refractivity (Wildman–Crippen MR) is 68.5 cm³/mol. The number of hydrogen-bond acceptors (Lipinski definition) is 5. The van der Waals surface area contributed by atoms with Gasteiger partial charge in [-0.1, -0.05) is 12.1 Å². The molecule has 18 heavy (non-hydrogen) atoms. The van der Waals surface area contributed by atoms with Crippen LogP contribution in [0.2, 0.25) is 0 Å². The summed E-state index contributed by atoms with van der Waals surface area (Å²) in [5, 5.41) is 13.5. The van der Waals surface area contributed by atoms with E-state index in [2.05, 4.69) is 10.3 Å². The lowest BCUT2D eigenvalue weighted by Gasteiger charge is -2.06. The van der Waals surface area contributed by atoms with Crippen molar-refractivity contribution in [2.45, 2.75) is 6.54 Å². The number of hydrogen-bond donors (Lipinski definition) is 2. The molecule has 0 fully saturated rings. The summed E-state index contributed by atoms with van der Waals surface area (Å²) in [6.07, 6.45) is 1.22. The van der Waals surface area contributed by atoms with Gasteiger partial charge in [0.15, 0.2) is 0 Å². The predicted octanol–water partition coefficient (Wildman–Crippen LogP) is 2.19. The van der Waals surface area contributed by atoms with Crippen LogP contribution in [-0.4, -0.2) is 9.91 Å². The number of anilines is 2. The number of nitro groups is 1. The monoisotopic (exact) mass is 244 g/mol. The first kappa shape index (κ1) is 12.0. The Bertz CT molecular complexity index is 554. The van der Waals surface area contributed by atoms with Crippen LogP contribution in [0.3, 0.4) is 0 Å². The van der Waals surface area contributed by atoms with Gasteiger partial charge in [0, 0.05) is 18.3 Å². The maximum Gasteiger partial charge on any atom is 0.287 e. The zero-order valence-electron chi connectivity index (χ0n) is 9.54. The maximum atomic E-state index is 10.5. The molecule has 0 saturated heterocycles. The van der Waals surface area contributed by atoms with E-state index in [9.17, 15) is 10.1 Å². The molecule has 0 unspecified atom stereocenters. The van der Waals surface area contributed by atoms with Crippen molar-refractivity contribution in [3.05, 3.63) is 58.3 Å². The summed E-state index contributed by atoms with van der Waals surface area (Å²) in [7, 11) is 0. The van der Waals surface area contributed by atoms with Crippen molar-refractivity contribution in [2.75, 3.05) is 5.32 Å². The molecular formula is C12H12N4O2. The third-order valence-corrected chi connectivity index (χ3v) is 2.39. The fraction of sp³-hybridized carbons (Fsp3) is 0.0833. The van der Waals surface area contributed by atoms with Gasteiger partial charge >= 0.3 is 0 Å². The minimum atomic E-state index is -0.480. The van der Waals surface area contributed by atoms with Crippen LogP contribution in [0.15, 0.2) is 42.6 Å². The molecule has 1 aromatic heterocycles. The Morgan fingerprint density at radius 1 is 1.33 bits per heavy atom. The Morgan fingerprint density at radius 3 is 2.78 bits per heavy atom. The van der Waals surface area contributed by atoms with E-state index >= 15 is 0 Å². The van der Waals surface area contributed by atoms with E-state index in [1.807, 2.05) is 24.3 Å². The minimum absolute atomic E-state index is 0.0312. The van der Waals surface area contributed by atoms with E-state index in [4.69, 9.17) is 5.73 Å². The standard InChI is InChI=1S/C12H12N4O2/c13-7-9-2-1-3-10(6-9)15-12-5-4-11(8-14-12)16(17)18/h1-6,8H,7,13H2,(H,14,15). The lowest BCUT2D eigenvalue weighted by atomic mass is 10.2. The number of pyridine rings is 1. The zero-order valence-corrected chi connectivity index (χ0v) is 9.54. The molecule has 6 nitrogen and oxygen atoms in total. The average Bonchev–Trinajstić information content (AvgIpc) is 2.39. The highest BCUT2D eigenvalue weighted by Gasteiger charge is 2.05. The number of nitrogens with zero attached hydrogens (tertiary/aromatic N) is 2. The van der Waals surface area contributed by atoms with Crippen molar-refractivity contribution < 1.29 is 4.92 Å². The van der Waals surface area contributed by atoms with E-state index in [1.165, 1.54) is 12.3 Å². The van der Waals surface area contributed by atoms with Crippen molar-refractivity contribution >= 4 is 17.2 Å². The van der Waals surface area contributed by atoms with Gasteiger partial charge in [0.25, 0.3) is 5.69 Å². The first-order valence-corrected chi connectivity index (χ1v) is 5.35. The van der Waals surface area contributed by atoms with E-state index in [0.29, 0.717) is 12.4 Å². The highest BCUT2D eigenvalue weighted by molar-refractivity contribution is 5.57. The number of rotatable bonds is 4. The molecule has 1 heterocycles. The molecule has 1 aromatic carbocycles. The van der Waals surface area contributed by atoms with Crippen molar-refractivity contribution in [3.8, 4) is 0 Å². The quantitative estimate of drug-likeness (QED) is 0.635. The summed E-state index contributed by atoms with van der Waals surface area (Å²) in [4.78, 5) is 14.0. The van der Waals surface area contributed by atoms with Crippen molar-refractivity contribution in [3.63, 3.8) is 0 Å². The maximum absolute atomic E-state index is 10.5. The molecule has 0 aliphatic heterocycles. The SMILES string of the molecule is NCc1cccc(Nc2ccc([N+](=O)[O-])cn2)c1. The minimum Gasteiger partial charge on any atom is -0.340 e. The second-order valence-electron chi connectivity index (χ2n) is 3.69. The van der Waals surface area contributed by atoms with Gasteiger partial charge in [-0.05, 0) is 23.8 Å². The largest absolute Gasteiger partial charge is 0.340 e. The summed E-state index contributed by atoms with van der Waals surface area (Å²) in [6, 6.07) is 10.6. The molecule has 0 saturated carbocycles. The molecule has 0 bridgehead atoms. The Morgan fingerprint density at radius 2 is 2.17 bits per heavy atom. The number of benzene rings is 1. The lowest BCUT2D eigenvalue weighted by Crippen LogP contribution is -1.98. The van der Waals surface area contributed by atoms with Crippen LogP contribution in [0.25, 0.3) is 0 Å². The van der Waals surface area contributed by atoms with Crippen LogP contribution in [0.5, 0.6) is 0 Å². The summed E-state index contributed by atoms with van der Waals surface area (Å²) >= 11 is 0. The van der Waals surface area contributed by atoms with Crippen LogP contribution in [-0.2, 0) is 6.54 Å². The molecule has 92 valence electrons. The molecule has 0 aliphatic carbocycles. The highest BCUT2D eigenvalue weighted by atomic mass is 16.6. The number of nitrogens with two attached hydrogens (primary N) is 1. The van der Waals surface area contributed by atoms with Crippen LogP contribution in [0.4, 0.5) is 17.2 Å². The molecule has 3 N–H and O–H groups in total. The molecule has 0 radical (unpaired) electrons. The van der Waals surface area contributed by atoms with Crippen molar-refractivity contribution in [1.82, 2.24) is 4.98 Å². The molecule has 0 atom stereocenters. The van der Waals surface area contributed by atoms with E-state index < -0.39 is 4.92 Å². The number of aromatic nitrogens is 1. The van der Waals surface area contributed by atoms with Gasteiger partial charge in [0.1, 0.15) is 12.0 Å². The second-order valence-corrected chi connectivity index (χ2v) is 3.69. The lowest BCUT2D eigenvalue weighted by molar-refractivity contribution is -0.385. The van der Waals surface area contributed by atoms with Gasteiger partial charge in [0.2, 0.25) is 0 Å². The molecule has 2 aromatic rings. The molecule has 0 aliphatic rings. The fourth-order valence-corrected chi connectivity index (χ4v) is 1.49. The summed E-state index contributed by atoms with van der Waals surface area (Å²) in [5.41, 5.74) is 7.36. The molecule has 0 spiro atoms. The average molecular weight is 244 g/mol. The van der Waals surface area contributed by atoms with E-state index in [-0.39, 0.29) is 5.69 Å². The zero-order chi connectivity index (χ0) is 13.0. The van der Waals surface area contributed by atoms with Gasteiger partial charge in [-0.3, -0.25) is 10.1 Å². The molecule has 6 heteroatoms. The van der Waals surface area contributed by atoms with Crippen LogP contribution >= 0.6 is 0 Å². The van der Waals surface area contributed by atoms with Crippen molar-refractivity contribution in [1.29, 1.82) is 0 Å². The van der Waals surface area contributed by atoms with Crippen LogP contribution in [0, 0.1) is 10.1 Å². The first-order valence-electron chi connectivity index (χ1n) is 5.35. The molecule has 2 rings (SSSR count). The normalized spacial score (nSPS) is 10.1. The Labute approximate surface area is 104 Å². The summed E-state index contributed by atoms with van der Waals surface area (Å²) in [6.45, 7) is 0.462. The van der Waals surface area contributed by atoms with Gasteiger partial charge in [-0.2, -0.15) is 0 Å². The van der Waals surface area contributed by atoms with Crippen LogP contribution < -0.4 is 11.1 Å². The topological polar surface area (TPSA) is 94.1 Å². The fourth-order valence-electron chi connectivity index (χ4n) is 1.49. The van der Waals surface area contributed by atoms with Gasteiger partial charge < -0.3 is 11.1 Å². The van der Waals surface area contributed by atoms with E-state index in [1.54, 1.807) is 6.07 Å². The summed E-state index contributed by atoms with van der Waals surface area (Å²) < 4.78 is 0. The third kappa shape index (κ3) is 2.80. The first-order chi connectivity index (χ1) is 8.69. The number of nitrogens with one attached hydrogen (secondary N) is 1. The van der Waals surface area contributed by atoms with Gasteiger partial charge in [0.05, 0.1) is 4.92 Å². The molecular weight excluding hydrogens is 232 g/mol. The Kier molecular flexibility index (Phi) is 3.49. The smallest absolute Gasteiger partial charge is 0.287 e. The third-order valence-electron chi connectivity index (χ3n) is 2.39. The van der Waals surface area contributed by atoms with Crippen molar-refractivity contribution in [2.24, 2.45) is 5.73 Å². The summed E-state index contributed by atoms with van der Waals surface area (Å²) in [5.74, 6) is 0.551. The van der Waals surface area contributed by atoms with Gasteiger partial charge in [-0.25, -0.2) is 4.98 Å². The highest BCUT2D eigenvalue weighted by Crippen LogP contribution is 2.18. The van der Waals surface area contributed by atoms with Crippen LogP contribution in [0.1, 0.15) is 5.56 Å². The Balaban J connectivity index is 2.15. The second kappa shape index (κ2) is 5.24. The molecule has 0 amide bonds. The Hall–Kier alpha value is -2.47. The van der Waals surface area contributed by atoms with Gasteiger partial charge in [-0.15, -0.1) is 0 Å².